The van der Waals surface area contributed by atoms with E-state index in [4.69, 9.17) is 5.73 Å². The van der Waals surface area contributed by atoms with Gasteiger partial charge in [-0.2, -0.15) is 0 Å². The summed E-state index contributed by atoms with van der Waals surface area (Å²) in [6.07, 6.45) is 0. The van der Waals surface area contributed by atoms with Gasteiger partial charge in [0.25, 0.3) is 0 Å². The van der Waals surface area contributed by atoms with E-state index in [2.05, 4.69) is 15.9 Å². The predicted molar refractivity (Wildman–Crippen MR) is 45.4 cm³/mol. The van der Waals surface area contributed by atoms with E-state index >= 15 is 0 Å². The molecule has 0 aliphatic heterocycles. The lowest BCUT2D eigenvalue weighted by Gasteiger charge is -1.90. The van der Waals surface area contributed by atoms with E-state index in [1.807, 2.05) is 11.4 Å². The van der Waals surface area contributed by atoms with Gasteiger partial charge in [0.1, 0.15) is 0 Å². The Labute approximate surface area is 71.2 Å². The van der Waals surface area contributed by atoms with Gasteiger partial charge in [0, 0.05) is 4.47 Å². The van der Waals surface area contributed by atoms with E-state index in [1.54, 1.807) is 0 Å². The van der Waals surface area contributed by atoms with Gasteiger partial charge in [-0.3, -0.25) is 4.79 Å². The van der Waals surface area contributed by atoms with E-state index in [-0.39, 0.29) is 12.3 Å². The SMILES string of the molecule is NCC(=O)c1sccc1Br. The fraction of sp³-hybridized carbons (Fsp3) is 0.167. The molecule has 0 aromatic carbocycles. The van der Waals surface area contributed by atoms with E-state index in [1.165, 1.54) is 11.3 Å². The van der Waals surface area contributed by atoms with Crippen LogP contribution in [0.25, 0.3) is 0 Å². The van der Waals surface area contributed by atoms with E-state index < -0.39 is 0 Å². The van der Waals surface area contributed by atoms with Crippen LogP contribution in [0.3, 0.4) is 0 Å². The molecule has 0 saturated heterocycles. The predicted octanol–water partition coefficient (Wildman–Crippen LogP) is 1.65. The second kappa shape index (κ2) is 3.27. The minimum Gasteiger partial charge on any atom is -0.324 e. The summed E-state index contributed by atoms with van der Waals surface area (Å²) in [5, 5.41) is 1.85. The number of Topliss-reactive ketones (excluding diaryl/α,β-unsaturated/α-hetero) is 1. The van der Waals surface area contributed by atoms with Crippen molar-refractivity contribution in [3.05, 3.63) is 20.8 Å². The Morgan fingerprint density at radius 3 is 2.90 bits per heavy atom. The molecule has 1 heterocycles. The Kier molecular flexibility index (Phi) is 2.59. The van der Waals surface area contributed by atoms with Gasteiger partial charge in [-0.05, 0) is 27.4 Å². The molecular weight excluding hydrogens is 214 g/mol. The molecule has 1 rings (SSSR count). The number of ketones is 1. The highest BCUT2D eigenvalue weighted by Crippen LogP contribution is 2.22. The van der Waals surface area contributed by atoms with Crippen LogP contribution in [0, 0.1) is 0 Å². The van der Waals surface area contributed by atoms with Gasteiger partial charge in [0.15, 0.2) is 5.78 Å². The summed E-state index contributed by atoms with van der Waals surface area (Å²) in [7, 11) is 0. The van der Waals surface area contributed by atoms with Crippen molar-refractivity contribution in [1.82, 2.24) is 0 Å². The molecule has 0 unspecified atom stereocenters. The number of hydrogen-bond acceptors (Lipinski definition) is 3. The van der Waals surface area contributed by atoms with Crippen LogP contribution in [0.2, 0.25) is 0 Å². The number of halogens is 1. The summed E-state index contributed by atoms with van der Waals surface area (Å²) in [5.74, 6) is -0.0122. The monoisotopic (exact) mass is 219 g/mol. The van der Waals surface area contributed by atoms with Gasteiger partial charge < -0.3 is 5.73 Å². The Morgan fingerprint density at radius 1 is 1.80 bits per heavy atom. The number of carbonyl (C=O) groups is 1. The number of nitrogens with two attached hydrogens (primary N) is 1. The highest BCUT2D eigenvalue weighted by molar-refractivity contribution is 9.10. The molecule has 0 aliphatic rings. The van der Waals surface area contributed by atoms with E-state index in [9.17, 15) is 4.79 Å². The molecule has 54 valence electrons. The highest BCUT2D eigenvalue weighted by atomic mass is 79.9. The average molecular weight is 220 g/mol. The van der Waals surface area contributed by atoms with E-state index in [0.717, 1.165) is 4.47 Å². The molecule has 0 bridgehead atoms. The van der Waals surface area contributed by atoms with Crippen molar-refractivity contribution in [3.8, 4) is 0 Å². The Bertz CT molecular complexity index is 246. The number of carbonyl (C=O) groups excluding carboxylic acids is 1. The molecule has 0 amide bonds. The van der Waals surface area contributed by atoms with Gasteiger partial charge in [0.2, 0.25) is 0 Å². The third-order valence-corrected chi connectivity index (χ3v) is 2.93. The first kappa shape index (κ1) is 7.91. The van der Waals surface area contributed by atoms with Crippen molar-refractivity contribution in [1.29, 1.82) is 0 Å². The summed E-state index contributed by atoms with van der Waals surface area (Å²) in [6, 6.07) is 1.84. The topological polar surface area (TPSA) is 43.1 Å². The van der Waals surface area contributed by atoms with Crippen molar-refractivity contribution < 1.29 is 4.79 Å². The molecule has 0 atom stereocenters. The quantitative estimate of drug-likeness (QED) is 0.770. The third-order valence-electron chi connectivity index (χ3n) is 1.06. The maximum absolute atomic E-state index is 11.0. The summed E-state index contributed by atoms with van der Waals surface area (Å²) in [5.41, 5.74) is 5.17. The van der Waals surface area contributed by atoms with Crippen LogP contribution in [0.5, 0.6) is 0 Å². The largest absolute Gasteiger partial charge is 0.324 e. The van der Waals surface area contributed by atoms with Gasteiger partial charge >= 0.3 is 0 Å². The normalized spacial score (nSPS) is 9.80. The van der Waals surface area contributed by atoms with Crippen LogP contribution in [-0.2, 0) is 0 Å². The average Bonchev–Trinajstić information content (AvgIpc) is 2.34. The van der Waals surface area contributed by atoms with Gasteiger partial charge in [-0.25, -0.2) is 0 Å². The number of rotatable bonds is 2. The molecule has 2 nitrogen and oxygen atoms in total. The fourth-order valence-electron chi connectivity index (χ4n) is 0.585. The Balaban J connectivity index is 2.93. The summed E-state index contributed by atoms with van der Waals surface area (Å²) in [6.45, 7) is 0.0825. The molecule has 0 aliphatic carbocycles. The van der Waals surface area contributed by atoms with Gasteiger partial charge in [0.05, 0.1) is 11.4 Å². The highest BCUT2D eigenvalue weighted by Gasteiger charge is 2.07. The molecule has 0 radical (unpaired) electrons. The number of thiophene rings is 1. The minimum atomic E-state index is -0.0122. The van der Waals surface area contributed by atoms with Crippen molar-refractivity contribution in [2.45, 2.75) is 0 Å². The molecular formula is C6H6BrNOS. The van der Waals surface area contributed by atoms with Crippen LogP contribution in [-0.4, -0.2) is 12.3 Å². The minimum absolute atomic E-state index is 0.0122. The standard InChI is InChI=1S/C6H6BrNOS/c7-4-1-2-10-6(4)5(9)3-8/h1-2H,3,8H2. The second-order valence-electron chi connectivity index (χ2n) is 1.72. The summed E-state index contributed by atoms with van der Waals surface area (Å²) >= 11 is 4.65. The summed E-state index contributed by atoms with van der Waals surface area (Å²) < 4.78 is 0.841. The van der Waals surface area contributed by atoms with Crippen LogP contribution in [0.4, 0.5) is 0 Å². The molecule has 0 spiro atoms. The van der Waals surface area contributed by atoms with Crippen molar-refractivity contribution in [2.75, 3.05) is 6.54 Å². The Morgan fingerprint density at radius 2 is 2.50 bits per heavy atom. The van der Waals surface area contributed by atoms with E-state index in [0.29, 0.717) is 4.88 Å². The van der Waals surface area contributed by atoms with Gasteiger partial charge in [-0.15, -0.1) is 11.3 Å². The first-order chi connectivity index (χ1) is 4.75. The zero-order chi connectivity index (χ0) is 7.56. The smallest absolute Gasteiger partial charge is 0.187 e. The molecule has 2 N–H and O–H groups in total. The Hall–Kier alpha value is -0.190. The molecule has 10 heavy (non-hydrogen) atoms. The molecule has 4 heteroatoms. The van der Waals surface area contributed by atoms with Crippen molar-refractivity contribution in [2.24, 2.45) is 5.73 Å². The lowest BCUT2D eigenvalue weighted by Crippen LogP contribution is -2.12. The number of hydrogen-bond donors (Lipinski definition) is 1. The first-order valence-electron chi connectivity index (χ1n) is 2.72. The van der Waals surface area contributed by atoms with Crippen LogP contribution in [0.15, 0.2) is 15.9 Å². The molecule has 0 saturated carbocycles. The van der Waals surface area contributed by atoms with Gasteiger partial charge in [-0.1, -0.05) is 0 Å². The van der Waals surface area contributed by atoms with Crippen LogP contribution in [0.1, 0.15) is 9.67 Å². The zero-order valence-corrected chi connectivity index (χ0v) is 7.54. The maximum atomic E-state index is 11.0. The lowest BCUT2D eigenvalue weighted by atomic mass is 10.3. The second-order valence-corrected chi connectivity index (χ2v) is 3.50. The molecule has 0 fully saturated rings. The lowest BCUT2D eigenvalue weighted by molar-refractivity contribution is 0.100. The molecule has 1 aromatic rings. The van der Waals surface area contributed by atoms with Crippen molar-refractivity contribution >= 4 is 33.0 Å². The third kappa shape index (κ3) is 1.45. The zero-order valence-electron chi connectivity index (χ0n) is 5.13. The van der Waals surface area contributed by atoms with Crippen LogP contribution < -0.4 is 5.73 Å². The fourth-order valence-corrected chi connectivity index (χ4v) is 2.13. The first-order valence-corrected chi connectivity index (χ1v) is 4.39. The molecule has 1 aromatic heterocycles. The summed E-state index contributed by atoms with van der Waals surface area (Å²) in [4.78, 5) is 11.7. The maximum Gasteiger partial charge on any atom is 0.187 e. The van der Waals surface area contributed by atoms with Crippen molar-refractivity contribution in [3.63, 3.8) is 0 Å². The van der Waals surface area contributed by atoms with Crippen LogP contribution >= 0.6 is 27.3 Å².